The molecular formula is C26H33NO6. The van der Waals surface area contributed by atoms with Crippen LogP contribution in [0.3, 0.4) is 0 Å². The minimum Gasteiger partial charge on any atom is -0.493 e. The van der Waals surface area contributed by atoms with Gasteiger partial charge in [-0.25, -0.2) is 0 Å². The van der Waals surface area contributed by atoms with E-state index in [1.807, 2.05) is 30.3 Å². The summed E-state index contributed by atoms with van der Waals surface area (Å²) in [5.74, 6) is 4.16. The van der Waals surface area contributed by atoms with Crippen LogP contribution in [0.1, 0.15) is 36.8 Å². The van der Waals surface area contributed by atoms with Crippen LogP contribution >= 0.6 is 0 Å². The van der Waals surface area contributed by atoms with Gasteiger partial charge in [-0.15, -0.1) is 0 Å². The zero-order valence-corrected chi connectivity index (χ0v) is 19.5. The monoisotopic (exact) mass is 455 g/mol. The molecule has 2 aromatic carbocycles. The van der Waals surface area contributed by atoms with Crippen molar-refractivity contribution in [2.24, 2.45) is 5.92 Å². The lowest BCUT2D eigenvalue weighted by Crippen LogP contribution is -2.21. The number of ether oxygens (including phenoxy) is 5. The molecule has 1 N–H and O–H groups in total. The number of methoxy groups -OCH3 is 2. The molecule has 0 saturated carbocycles. The first-order chi connectivity index (χ1) is 16.2. The number of hydrogen-bond acceptors (Lipinski definition) is 7. The van der Waals surface area contributed by atoms with Gasteiger partial charge in [0.05, 0.1) is 20.8 Å². The summed E-state index contributed by atoms with van der Waals surface area (Å²) in [6.07, 6.45) is 5.09. The third-order valence-corrected chi connectivity index (χ3v) is 6.30. The van der Waals surface area contributed by atoms with E-state index in [9.17, 15) is 4.79 Å². The molecule has 1 heterocycles. The maximum Gasteiger partial charge on any atom is 0.231 e. The number of hydrogen-bond donors (Lipinski definition) is 1. The van der Waals surface area contributed by atoms with Crippen molar-refractivity contribution in [2.45, 2.75) is 38.5 Å². The number of carbonyl (C=O) groups is 1. The molecule has 1 aliphatic heterocycles. The molecule has 1 unspecified atom stereocenters. The molecule has 0 saturated heterocycles. The maximum atomic E-state index is 12.8. The molecule has 0 spiro atoms. The molecule has 0 bridgehead atoms. The van der Waals surface area contributed by atoms with Crippen LogP contribution in [0.15, 0.2) is 30.3 Å². The van der Waals surface area contributed by atoms with Crippen LogP contribution in [-0.2, 0) is 17.6 Å². The SMILES string of the molecule is COc1cc2c(cc1OC)CC(=O)C(CCCNCCCOc1ccc3c(c1)OCO3)CC2. The van der Waals surface area contributed by atoms with Crippen molar-refractivity contribution in [3.63, 3.8) is 0 Å². The Morgan fingerprint density at radius 1 is 0.970 bits per heavy atom. The molecule has 7 heteroatoms. The Hall–Kier alpha value is -2.93. The van der Waals surface area contributed by atoms with E-state index in [-0.39, 0.29) is 12.7 Å². The number of carbonyl (C=O) groups excluding carboxylic acids is 1. The van der Waals surface area contributed by atoms with E-state index in [1.54, 1.807) is 14.2 Å². The lowest BCUT2D eigenvalue weighted by atomic mass is 9.93. The Balaban J connectivity index is 1.13. The third-order valence-electron chi connectivity index (χ3n) is 6.30. The summed E-state index contributed by atoms with van der Waals surface area (Å²) in [6.45, 7) is 2.70. The Morgan fingerprint density at radius 3 is 2.55 bits per heavy atom. The number of Topliss-reactive ketones (excluding diaryl/α,β-unsaturated/α-hetero) is 1. The van der Waals surface area contributed by atoms with Gasteiger partial charge < -0.3 is 29.0 Å². The molecule has 0 aromatic heterocycles. The second-order valence-corrected chi connectivity index (χ2v) is 8.46. The van der Waals surface area contributed by atoms with Crippen LogP contribution in [0.25, 0.3) is 0 Å². The first kappa shape index (κ1) is 23.2. The summed E-state index contributed by atoms with van der Waals surface area (Å²) in [5, 5.41) is 3.46. The van der Waals surface area contributed by atoms with Crippen LogP contribution in [0.2, 0.25) is 0 Å². The van der Waals surface area contributed by atoms with Gasteiger partial charge in [-0.2, -0.15) is 0 Å². The fraction of sp³-hybridized carbons (Fsp3) is 0.500. The second-order valence-electron chi connectivity index (χ2n) is 8.46. The molecule has 4 rings (SSSR count). The lowest BCUT2D eigenvalue weighted by molar-refractivity contribution is -0.122. The molecule has 2 aromatic rings. The van der Waals surface area contributed by atoms with E-state index >= 15 is 0 Å². The normalized spacial score (nSPS) is 16.8. The van der Waals surface area contributed by atoms with E-state index < -0.39 is 0 Å². The standard InChI is InChI=1S/C26H33NO6/c1-29-24-14-19-7-6-18(22(28)13-20(19)15-25(24)30-2)5-3-10-27-11-4-12-31-21-8-9-23-26(16-21)33-17-32-23/h8-9,14-16,18,27H,3-7,10-13,17H2,1-2H3. The Morgan fingerprint density at radius 2 is 1.73 bits per heavy atom. The van der Waals surface area contributed by atoms with Gasteiger partial charge in [0.15, 0.2) is 23.0 Å². The summed E-state index contributed by atoms with van der Waals surface area (Å²) in [7, 11) is 3.27. The van der Waals surface area contributed by atoms with Crippen LogP contribution in [0.4, 0.5) is 0 Å². The fourth-order valence-corrected chi connectivity index (χ4v) is 4.44. The molecule has 0 amide bonds. The highest BCUT2D eigenvalue weighted by molar-refractivity contribution is 5.84. The number of benzene rings is 2. The number of nitrogens with one attached hydrogen (secondary N) is 1. The Bertz CT molecular complexity index is 960. The van der Waals surface area contributed by atoms with Crippen molar-refractivity contribution in [1.29, 1.82) is 0 Å². The highest BCUT2D eigenvalue weighted by Crippen LogP contribution is 2.36. The van der Waals surface area contributed by atoms with Crippen molar-refractivity contribution in [3.8, 4) is 28.7 Å². The van der Waals surface area contributed by atoms with E-state index in [0.29, 0.717) is 24.6 Å². The number of rotatable bonds is 11. The van der Waals surface area contributed by atoms with Gasteiger partial charge in [-0.3, -0.25) is 4.79 Å². The van der Waals surface area contributed by atoms with Crippen molar-refractivity contribution in [2.75, 3.05) is 40.7 Å². The smallest absolute Gasteiger partial charge is 0.231 e. The minimum atomic E-state index is 0.116. The molecule has 2 aliphatic rings. The molecule has 1 aliphatic carbocycles. The van der Waals surface area contributed by atoms with Gasteiger partial charge in [-0.05, 0) is 80.6 Å². The van der Waals surface area contributed by atoms with Crippen LogP contribution in [0, 0.1) is 5.92 Å². The quantitative estimate of drug-likeness (QED) is 0.406. The van der Waals surface area contributed by atoms with Crippen LogP contribution in [-0.4, -0.2) is 46.5 Å². The maximum absolute atomic E-state index is 12.8. The molecule has 0 radical (unpaired) electrons. The van der Waals surface area contributed by atoms with Crippen LogP contribution < -0.4 is 29.0 Å². The van der Waals surface area contributed by atoms with Crippen molar-refractivity contribution in [3.05, 3.63) is 41.5 Å². The lowest BCUT2D eigenvalue weighted by Gasteiger charge is -2.13. The third kappa shape index (κ3) is 5.90. The predicted octanol–water partition coefficient (Wildman–Crippen LogP) is 3.95. The van der Waals surface area contributed by atoms with E-state index in [4.69, 9.17) is 23.7 Å². The summed E-state index contributed by atoms with van der Waals surface area (Å²) < 4.78 is 27.3. The fourth-order valence-electron chi connectivity index (χ4n) is 4.44. The van der Waals surface area contributed by atoms with Gasteiger partial charge in [0, 0.05) is 18.4 Å². The molecule has 178 valence electrons. The number of fused-ring (bicyclic) bond motifs is 2. The van der Waals surface area contributed by atoms with E-state index in [1.165, 1.54) is 5.56 Å². The largest absolute Gasteiger partial charge is 0.493 e. The zero-order valence-electron chi connectivity index (χ0n) is 19.5. The van der Waals surface area contributed by atoms with Crippen LogP contribution in [0.5, 0.6) is 28.7 Å². The van der Waals surface area contributed by atoms with Gasteiger partial charge in [0.2, 0.25) is 6.79 Å². The second kappa shape index (κ2) is 11.3. The summed E-state index contributed by atoms with van der Waals surface area (Å²) in [5.41, 5.74) is 2.27. The van der Waals surface area contributed by atoms with Gasteiger partial charge in [0.1, 0.15) is 11.5 Å². The van der Waals surface area contributed by atoms with Gasteiger partial charge in [0.25, 0.3) is 0 Å². The van der Waals surface area contributed by atoms with E-state index in [2.05, 4.69) is 5.32 Å². The summed E-state index contributed by atoms with van der Waals surface area (Å²) in [4.78, 5) is 12.8. The average molecular weight is 456 g/mol. The van der Waals surface area contributed by atoms with Crippen molar-refractivity contribution < 1.29 is 28.5 Å². The first-order valence-electron chi connectivity index (χ1n) is 11.7. The highest BCUT2D eigenvalue weighted by atomic mass is 16.7. The van der Waals surface area contributed by atoms with Gasteiger partial charge in [-0.1, -0.05) is 0 Å². The zero-order chi connectivity index (χ0) is 23.0. The molecule has 1 atom stereocenters. The van der Waals surface area contributed by atoms with E-state index in [0.717, 1.165) is 73.8 Å². The molecular weight excluding hydrogens is 422 g/mol. The number of ketones is 1. The van der Waals surface area contributed by atoms with Gasteiger partial charge >= 0.3 is 0 Å². The number of aryl methyl sites for hydroxylation is 1. The minimum absolute atomic E-state index is 0.116. The Labute approximate surface area is 195 Å². The predicted molar refractivity (Wildman–Crippen MR) is 125 cm³/mol. The topological polar surface area (TPSA) is 75.3 Å². The summed E-state index contributed by atoms with van der Waals surface area (Å²) in [6, 6.07) is 9.62. The molecule has 33 heavy (non-hydrogen) atoms. The molecule has 0 fully saturated rings. The molecule has 7 nitrogen and oxygen atoms in total. The summed E-state index contributed by atoms with van der Waals surface area (Å²) >= 11 is 0. The first-order valence-corrected chi connectivity index (χ1v) is 11.7. The average Bonchev–Trinajstić information content (AvgIpc) is 3.24. The van der Waals surface area contributed by atoms with Crippen molar-refractivity contribution >= 4 is 5.78 Å². The highest BCUT2D eigenvalue weighted by Gasteiger charge is 2.25. The Kier molecular flexibility index (Phi) is 7.94. The van der Waals surface area contributed by atoms with Crippen molar-refractivity contribution in [1.82, 2.24) is 5.32 Å².